The molecule has 0 spiro atoms. The molecule has 0 amide bonds. The van der Waals surface area contributed by atoms with Gasteiger partial charge in [0, 0.05) is 6.08 Å². The molecule has 2 rings (SSSR count). The van der Waals surface area contributed by atoms with Crippen LogP contribution in [-0.4, -0.2) is 23.1 Å². The second kappa shape index (κ2) is 2.43. The smallest absolute Gasteiger partial charge is 0.325 e. The molecule has 1 aliphatic heterocycles. The van der Waals surface area contributed by atoms with E-state index in [4.69, 9.17) is 10.3 Å². The zero-order valence-corrected chi connectivity index (χ0v) is 6.23. The van der Waals surface area contributed by atoms with Crippen LogP contribution in [0.3, 0.4) is 0 Å². The van der Waals surface area contributed by atoms with Gasteiger partial charge in [-0.15, -0.1) is 0 Å². The standard InChI is InChI=1S/C8H6N2O2/c9-10-6-3-1-2-5-4-12-8(11)7(5)6/h1-3,7H,4H2. The zero-order chi connectivity index (χ0) is 8.55. The Kier molecular flexibility index (Phi) is 1.42. The Morgan fingerprint density at radius 1 is 1.67 bits per heavy atom. The van der Waals surface area contributed by atoms with E-state index in [1.807, 2.05) is 6.08 Å². The lowest BCUT2D eigenvalue weighted by molar-refractivity contribution is -0.140. The Morgan fingerprint density at radius 2 is 2.50 bits per heavy atom. The molecule has 0 radical (unpaired) electrons. The zero-order valence-electron chi connectivity index (χ0n) is 6.23. The molecule has 1 heterocycles. The largest absolute Gasteiger partial charge is 0.460 e. The molecule has 0 aromatic carbocycles. The molecule has 1 unspecified atom stereocenters. The average molecular weight is 162 g/mol. The molecule has 1 atom stereocenters. The Balaban J connectivity index is 2.48. The molecule has 2 aliphatic rings. The van der Waals surface area contributed by atoms with Crippen molar-refractivity contribution < 1.29 is 14.3 Å². The lowest BCUT2D eigenvalue weighted by Crippen LogP contribution is -2.21. The number of allylic oxidation sites excluding steroid dienone is 3. The second-order valence-electron chi connectivity index (χ2n) is 2.67. The highest BCUT2D eigenvalue weighted by atomic mass is 16.5. The van der Waals surface area contributed by atoms with Crippen molar-refractivity contribution in [1.29, 1.82) is 0 Å². The molecule has 1 saturated heterocycles. The van der Waals surface area contributed by atoms with Crippen molar-refractivity contribution in [2.45, 2.75) is 0 Å². The minimum Gasteiger partial charge on any atom is -0.460 e. The summed E-state index contributed by atoms with van der Waals surface area (Å²) in [7, 11) is 0. The molecule has 60 valence electrons. The third-order valence-corrected chi connectivity index (χ3v) is 1.98. The van der Waals surface area contributed by atoms with E-state index >= 15 is 0 Å². The summed E-state index contributed by atoms with van der Waals surface area (Å²) in [6, 6.07) is 0. The van der Waals surface area contributed by atoms with E-state index in [-0.39, 0.29) is 5.97 Å². The van der Waals surface area contributed by atoms with Crippen LogP contribution in [0.4, 0.5) is 0 Å². The van der Waals surface area contributed by atoms with E-state index in [0.29, 0.717) is 12.3 Å². The van der Waals surface area contributed by atoms with Crippen LogP contribution in [-0.2, 0) is 9.53 Å². The quantitative estimate of drug-likeness (QED) is 0.292. The van der Waals surface area contributed by atoms with Crippen molar-refractivity contribution in [2.24, 2.45) is 5.92 Å². The van der Waals surface area contributed by atoms with Crippen molar-refractivity contribution in [3.63, 3.8) is 0 Å². The van der Waals surface area contributed by atoms with E-state index in [9.17, 15) is 4.79 Å². The third kappa shape index (κ3) is 0.822. The van der Waals surface area contributed by atoms with Crippen LogP contribution in [0.2, 0.25) is 0 Å². The van der Waals surface area contributed by atoms with Gasteiger partial charge in [0.25, 0.3) is 0 Å². The fourth-order valence-electron chi connectivity index (χ4n) is 1.39. The first-order valence-electron chi connectivity index (χ1n) is 3.58. The van der Waals surface area contributed by atoms with E-state index in [1.165, 1.54) is 0 Å². The van der Waals surface area contributed by atoms with Crippen molar-refractivity contribution in [2.75, 3.05) is 6.61 Å². The fraction of sp³-hybridized carbons (Fsp3) is 0.250. The molecule has 1 fully saturated rings. The van der Waals surface area contributed by atoms with E-state index < -0.39 is 5.92 Å². The number of ether oxygens (including phenoxy) is 1. The highest BCUT2D eigenvalue weighted by Gasteiger charge is 2.40. The number of carbonyl (C=O) groups is 1. The van der Waals surface area contributed by atoms with E-state index in [2.05, 4.69) is 4.79 Å². The van der Waals surface area contributed by atoms with Gasteiger partial charge in [0.15, 0.2) is 5.92 Å². The van der Waals surface area contributed by atoms with Crippen LogP contribution in [0.1, 0.15) is 0 Å². The summed E-state index contributed by atoms with van der Waals surface area (Å²) in [6.45, 7) is 0.312. The summed E-state index contributed by atoms with van der Waals surface area (Å²) in [5, 5.41) is 0. The summed E-state index contributed by atoms with van der Waals surface area (Å²) in [4.78, 5) is 14.1. The Labute approximate surface area is 68.8 Å². The van der Waals surface area contributed by atoms with Crippen LogP contribution in [0, 0.1) is 5.92 Å². The number of fused-ring (bicyclic) bond motifs is 1. The average Bonchev–Trinajstić information content (AvgIpc) is 2.48. The predicted octanol–water partition coefficient (Wildman–Crippen LogP) is 0.326. The number of esters is 1. The van der Waals surface area contributed by atoms with Gasteiger partial charge in [-0.25, -0.2) is 0 Å². The molecule has 1 aliphatic carbocycles. The number of hydrogen-bond acceptors (Lipinski definition) is 2. The highest BCUT2D eigenvalue weighted by Crippen LogP contribution is 2.25. The monoisotopic (exact) mass is 162 g/mol. The Bertz CT molecular complexity index is 348. The second-order valence-corrected chi connectivity index (χ2v) is 2.67. The predicted molar refractivity (Wildman–Crippen MR) is 40.3 cm³/mol. The minimum absolute atomic E-state index is 0.312. The van der Waals surface area contributed by atoms with Gasteiger partial charge in [0.2, 0.25) is 0 Å². The molecule has 0 N–H and O–H groups in total. The molecule has 0 bridgehead atoms. The molecule has 4 nitrogen and oxygen atoms in total. The van der Waals surface area contributed by atoms with Crippen LogP contribution >= 0.6 is 0 Å². The first-order chi connectivity index (χ1) is 5.83. The van der Waals surface area contributed by atoms with Crippen LogP contribution < -0.4 is 0 Å². The fourth-order valence-corrected chi connectivity index (χ4v) is 1.39. The normalized spacial score (nSPS) is 26.0. The van der Waals surface area contributed by atoms with Gasteiger partial charge in [-0.3, -0.25) is 4.79 Å². The Hall–Kier alpha value is -1.67. The first kappa shape index (κ1) is 7.00. The molecule has 0 aromatic heterocycles. The van der Waals surface area contributed by atoms with Crippen molar-refractivity contribution >= 4 is 11.7 Å². The van der Waals surface area contributed by atoms with Gasteiger partial charge in [-0.2, -0.15) is 4.79 Å². The maximum atomic E-state index is 11.1. The lowest BCUT2D eigenvalue weighted by Gasteiger charge is -2.01. The summed E-state index contributed by atoms with van der Waals surface area (Å²) in [5.74, 6) is -0.807. The number of hydrogen-bond donors (Lipinski definition) is 0. The first-order valence-corrected chi connectivity index (χ1v) is 3.58. The molecule has 12 heavy (non-hydrogen) atoms. The summed E-state index contributed by atoms with van der Waals surface area (Å²) in [6.07, 6.45) is 5.15. The molecule has 0 saturated carbocycles. The van der Waals surface area contributed by atoms with Gasteiger partial charge in [0.1, 0.15) is 6.61 Å². The van der Waals surface area contributed by atoms with Gasteiger partial charge in [-0.05, 0) is 5.57 Å². The van der Waals surface area contributed by atoms with E-state index in [1.54, 1.807) is 12.2 Å². The number of cyclic esters (lactones) is 1. The SMILES string of the molecule is [N-]=[N+]=C1C=CC=C2COC(=O)C21. The lowest BCUT2D eigenvalue weighted by atomic mass is 9.92. The third-order valence-electron chi connectivity index (χ3n) is 1.98. The molecule has 0 aromatic rings. The topological polar surface area (TPSA) is 62.7 Å². The summed E-state index contributed by atoms with van der Waals surface area (Å²) < 4.78 is 4.79. The summed E-state index contributed by atoms with van der Waals surface area (Å²) >= 11 is 0. The van der Waals surface area contributed by atoms with Crippen molar-refractivity contribution in [3.8, 4) is 0 Å². The highest BCUT2D eigenvalue weighted by molar-refractivity contribution is 6.10. The van der Waals surface area contributed by atoms with Crippen LogP contribution in [0.15, 0.2) is 23.8 Å². The van der Waals surface area contributed by atoms with Gasteiger partial charge in [-0.1, -0.05) is 12.2 Å². The Morgan fingerprint density at radius 3 is 3.25 bits per heavy atom. The summed E-state index contributed by atoms with van der Waals surface area (Å²) in [5.41, 5.74) is 9.77. The number of rotatable bonds is 0. The number of carbonyl (C=O) groups excluding carboxylic acids is 1. The maximum absolute atomic E-state index is 11.1. The maximum Gasteiger partial charge on any atom is 0.325 e. The minimum atomic E-state index is -0.472. The number of nitrogens with zero attached hydrogens (tertiary/aromatic N) is 2. The van der Waals surface area contributed by atoms with Crippen LogP contribution in [0.5, 0.6) is 0 Å². The van der Waals surface area contributed by atoms with E-state index in [0.717, 1.165) is 5.57 Å². The van der Waals surface area contributed by atoms with Crippen molar-refractivity contribution in [3.05, 3.63) is 29.3 Å². The molecule has 4 heteroatoms. The molecular weight excluding hydrogens is 156 g/mol. The van der Waals surface area contributed by atoms with Crippen molar-refractivity contribution in [1.82, 2.24) is 0 Å². The molecular formula is C8H6N2O2. The van der Waals surface area contributed by atoms with Gasteiger partial charge >= 0.3 is 11.7 Å². The van der Waals surface area contributed by atoms with Gasteiger partial charge in [0.05, 0.1) is 0 Å². The van der Waals surface area contributed by atoms with Crippen LogP contribution in [0.25, 0.3) is 5.53 Å². The van der Waals surface area contributed by atoms with Gasteiger partial charge < -0.3 is 10.3 Å².